The van der Waals surface area contributed by atoms with Crippen LogP contribution < -0.4 is 4.90 Å². The third-order valence-electron chi connectivity index (χ3n) is 5.18. The summed E-state index contributed by atoms with van der Waals surface area (Å²) < 4.78 is 2.11. The third-order valence-corrected chi connectivity index (χ3v) is 5.18. The van der Waals surface area contributed by atoms with E-state index in [-0.39, 0.29) is 5.91 Å². The number of β-amino-alcohol motifs (C(OH)–C–C–N with tert-alkyl or cyclic N) is 1. The van der Waals surface area contributed by atoms with E-state index in [4.69, 9.17) is 0 Å². The normalized spacial score (nSPS) is 21.2. The van der Waals surface area contributed by atoms with Crippen molar-refractivity contribution in [2.45, 2.75) is 31.8 Å². The van der Waals surface area contributed by atoms with E-state index in [0.717, 1.165) is 43.2 Å². The summed E-state index contributed by atoms with van der Waals surface area (Å²) in [7, 11) is 2.12. The Labute approximate surface area is 142 Å². The molecule has 1 saturated heterocycles. The van der Waals surface area contributed by atoms with Crippen molar-refractivity contribution in [3.63, 3.8) is 0 Å². The predicted molar refractivity (Wildman–Crippen MR) is 94.5 cm³/mol. The van der Waals surface area contributed by atoms with Crippen molar-refractivity contribution in [1.29, 1.82) is 0 Å². The van der Waals surface area contributed by atoms with Gasteiger partial charge in [-0.15, -0.1) is 0 Å². The smallest absolute Gasteiger partial charge is 0.255 e. The maximum Gasteiger partial charge on any atom is 0.255 e. The van der Waals surface area contributed by atoms with Crippen molar-refractivity contribution in [2.75, 3.05) is 31.6 Å². The number of hydrogen-bond donors (Lipinski definition) is 1. The van der Waals surface area contributed by atoms with Crippen LogP contribution in [0.15, 0.2) is 30.5 Å². The van der Waals surface area contributed by atoms with Crippen LogP contribution in [0.2, 0.25) is 0 Å². The number of aliphatic hydroxyl groups excluding tert-OH is 1. The molecule has 1 aliphatic carbocycles. The van der Waals surface area contributed by atoms with E-state index < -0.39 is 6.10 Å². The molecule has 2 aromatic heterocycles. The molecule has 1 amide bonds. The fourth-order valence-corrected chi connectivity index (χ4v) is 3.63. The van der Waals surface area contributed by atoms with Gasteiger partial charge >= 0.3 is 0 Å². The van der Waals surface area contributed by atoms with E-state index in [1.165, 1.54) is 12.8 Å². The summed E-state index contributed by atoms with van der Waals surface area (Å²) in [6.07, 6.45) is 5.86. The van der Waals surface area contributed by atoms with E-state index in [0.29, 0.717) is 12.1 Å². The van der Waals surface area contributed by atoms with Gasteiger partial charge in [-0.05, 0) is 55.9 Å². The topological polar surface area (TPSA) is 48.2 Å². The minimum absolute atomic E-state index is 0.0140. The van der Waals surface area contributed by atoms with Crippen molar-refractivity contribution < 1.29 is 9.90 Å². The summed E-state index contributed by atoms with van der Waals surface area (Å²) in [5, 5.41) is 9.82. The molecule has 1 atom stereocenters. The zero-order valence-electron chi connectivity index (χ0n) is 14.2. The quantitative estimate of drug-likeness (QED) is 0.938. The van der Waals surface area contributed by atoms with Crippen LogP contribution in [-0.2, 0) is 0 Å². The lowest BCUT2D eigenvalue weighted by molar-refractivity contribution is 0.0473. The maximum atomic E-state index is 12.8. The highest BCUT2D eigenvalue weighted by Crippen LogP contribution is 2.31. The number of rotatable bonds is 4. The van der Waals surface area contributed by atoms with E-state index in [9.17, 15) is 9.90 Å². The molecule has 128 valence electrons. The standard InChI is InChI=1S/C19H25N3O2/c1-20(11-14-4-5-14)18-9-8-16-7-6-15(12-22(16)18)19(24)21-10-2-3-17(23)13-21/h6-9,12,14,17,23H,2-5,10-11,13H2,1H3. The molecule has 1 unspecified atom stereocenters. The van der Waals surface area contributed by atoms with Gasteiger partial charge in [0.15, 0.2) is 0 Å². The monoisotopic (exact) mass is 327 g/mol. The minimum Gasteiger partial charge on any atom is -0.391 e. The zero-order valence-corrected chi connectivity index (χ0v) is 14.2. The summed E-state index contributed by atoms with van der Waals surface area (Å²) in [5.41, 5.74) is 1.79. The van der Waals surface area contributed by atoms with E-state index >= 15 is 0 Å². The first-order valence-electron chi connectivity index (χ1n) is 8.91. The predicted octanol–water partition coefficient (Wildman–Crippen LogP) is 2.38. The fraction of sp³-hybridized carbons (Fsp3) is 0.526. The van der Waals surface area contributed by atoms with Gasteiger partial charge in [0.1, 0.15) is 5.82 Å². The van der Waals surface area contributed by atoms with Crippen LogP contribution in [0.4, 0.5) is 5.82 Å². The van der Waals surface area contributed by atoms with Crippen molar-refractivity contribution in [3.8, 4) is 0 Å². The molecule has 1 saturated carbocycles. The second kappa shape index (κ2) is 6.13. The number of amides is 1. The Hall–Kier alpha value is -2.01. The zero-order chi connectivity index (χ0) is 16.7. The Bertz CT molecular complexity index is 750. The van der Waals surface area contributed by atoms with E-state index in [1.807, 2.05) is 18.3 Å². The van der Waals surface area contributed by atoms with Crippen LogP contribution in [0, 0.1) is 5.92 Å². The molecular weight excluding hydrogens is 302 g/mol. The number of nitrogens with zero attached hydrogens (tertiary/aromatic N) is 3. The number of aromatic nitrogens is 1. The summed E-state index contributed by atoms with van der Waals surface area (Å²) in [5.74, 6) is 1.96. The summed E-state index contributed by atoms with van der Waals surface area (Å²) in [4.78, 5) is 16.8. The number of piperidine rings is 1. The average molecular weight is 327 g/mol. The highest BCUT2D eigenvalue weighted by Gasteiger charge is 2.25. The van der Waals surface area contributed by atoms with Crippen LogP contribution in [-0.4, -0.2) is 53.1 Å². The summed E-state index contributed by atoms with van der Waals surface area (Å²) in [6, 6.07) is 8.11. The second-order valence-electron chi connectivity index (χ2n) is 7.28. The van der Waals surface area contributed by atoms with Gasteiger partial charge in [0.2, 0.25) is 0 Å². The molecule has 2 fully saturated rings. The Morgan fingerprint density at radius 2 is 2.04 bits per heavy atom. The number of carbonyl (C=O) groups excluding carboxylic acids is 1. The van der Waals surface area contributed by atoms with Crippen LogP contribution in [0.25, 0.3) is 5.52 Å². The van der Waals surface area contributed by atoms with Crippen LogP contribution in [0.5, 0.6) is 0 Å². The van der Waals surface area contributed by atoms with Gasteiger partial charge < -0.3 is 19.3 Å². The molecular formula is C19H25N3O2. The Kier molecular flexibility index (Phi) is 3.96. The first kappa shape index (κ1) is 15.5. The molecule has 3 heterocycles. The molecule has 0 aromatic carbocycles. The fourth-order valence-electron chi connectivity index (χ4n) is 3.63. The minimum atomic E-state index is -0.391. The molecule has 2 aliphatic rings. The van der Waals surface area contributed by atoms with Gasteiger partial charge in [-0.2, -0.15) is 0 Å². The number of pyridine rings is 1. The lowest BCUT2D eigenvalue weighted by Crippen LogP contribution is -2.42. The SMILES string of the molecule is CN(CC1CC1)c1ccc2ccc(C(=O)N3CCCC(O)C3)cn12. The largest absolute Gasteiger partial charge is 0.391 e. The number of anilines is 1. The second-order valence-corrected chi connectivity index (χ2v) is 7.28. The summed E-state index contributed by atoms with van der Waals surface area (Å²) in [6.45, 7) is 2.24. The Morgan fingerprint density at radius 3 is 2.79 bits per heavy atom. The molecule has 0 spiro atoms. The van der Waals surface area contributed by atoms with Crippen molar-refractivity contribution >= 4 is 17.2 Å². The van der Waals surface area contributed by atoms with E-state index in [1.54, 1.807) is 4.90 Å². The molecule has 2 aromatic rings. The van der Waals surface area contributed by atoms with Gasteiger partial charge in [0.25, 0.3) is 5.91 Å². The number of aliphatic hydroxyl groups is 1. The third kappa shape index (κ3) is 3.00. The lowest BCUT2D eigenvalue weighted by atomic mass is 10.1. The molecule has 0 bridgehead atoms. The van der Waals surface area contributed by atoms with Gasteiger partial charge in [0, 0.05) is 38.4 Å². The van der Waals surface area contributed by atoms with Gasteiger partial charge in [0.05, 0.1) is 11.7 Å². The number of carbonyl (C=O) groups is 1. The molecule has 1 aliphatic heterocycles. The van der Waals surface area contributed by atoms with Gasteiger partial charge in [-0.25, -0.2) is 0 Å². The lowest BCUT2D eigenvalue weighted by Gasteiger charge is -2.30. The average Bonchev–Trinajstić information content (AvgIpc) is 3.29. The van der Waals surface area contributed by atoms with Crippen molar-refractivity contribution in [3.05, 3.63) is 36.0 Å². The number of likely N-dealkylation sites (tertiary alicyclic amines) is 1. The highest BCUT2D eigenvalue weighted by molar-refractivity contribution is 5.94. The summed E-state index contributed by atoms with van der Waals surface area (Å²) >= 11 is 0. The van der Waals surface area contributed by atoms with Gasteiger partial charge in [-0.1, -0.05) is 0 Å². The van der Waals surface area contributed by atoms with Crippen LogP contribution in [0.1, 0.15) is 36.0 Å². The van der Waals surface area contributed by atoms with Crippen molar-refractivity contribution in [1.82, 2.24) is 9.30 Å². The maximum absolute atomic E-state index is 12.8. The van der Waals surface area contributed by atoms with E-state index in [2.05, 4.69) is 28.5 Å². The first-order chi connectivity index (χ1) is 11.6. The first-order valence-corrected chi connectivity index (χ1v) is 8.91. The van der Waals surface area contributed by atoms with Crippen LogP contribution in [0.3, 0.4) is 0 Å². The molecule has 0 radical (unpaired) electrons. The Morgan fingerprint density at radius 1 is 1.25 bits per heavy atom. The molecule has 5 heteroatoms. The molecule has 4 rings (SSSR count). The molecule has 1 N–H and O–H groups in total. The number of fused-ring (bicyclic) bond motifs is 1. The number of hydrogen-bond acceptors (Lipinski definition) is 3. The van der Waals surface area contributed by atoms with Gasteiger partial charge in [-0.3, -0.25) is 4.79 Å². The molecule has 24 heavy (non-hydrogen) atoms. The highest BCUT2D eigenvalue weighted by atomic mass is 16.3. The Balaban J connectivity index is 1.60. The van der Waals surface area contributed by atoms with Crippen LogP contribution >= 0.6 is 0 Å². The molecule has 5 nitrogen and oxygen atoms in total. The van der Waals surface area contributed by atoms with Crippen molar-refractivity contribution in [2.24, 2.45) is 5.92 Å².